The molecular weight excluding hydrogens is 358 g/mol. The Morgan fingerprint density at radius 1 is 0.808 bits per heavy atom. The summed E-state index contributed by atoms with van der Waals surface area (Å²) in [5, 5.41) is 4.10. The van der Waals surface area contributed by atoms with Crippen LogP contribution < -0.4 is 4.90 Å². The first-order valence-corrected chi connectivity index (χ1v) is 10.4. The van der Waals surface area contributed by atoms with E-state index >= 15 is 0 Å². The Labute approximate surface area is 161 Å². The van der Waals surface area contributed by atoms with E-state index in [9.17, 15) is 4.79 Å². The molecule has 4 heteroatoms. The van der Waals surface area contributed by atoms with E-state index in [0.717, 1.165) is 40.5 Å². The second-order valence-corrected chi connectivity index (χ2v) is 8.42. The van der Waals surface area contributed by atoms with Crippen LogP contribution in [0.2, 0.25) is 0 Å². The van der Waals surface area contributed by atoms with Crippen molar-refractivity contribution >= 4 is 40.6 Å². The number of benzene rings is 1. The number of thiophene rings is 2. The van der Waals surface area contributed by atoms with Crippen molar-refractivity contribution in [2.24, 2.45) is 0 Å². The lowest BCUT2D eigenvalue weighted by molar-refractivity contribution is -0.904. The standard InChI is InChI=1S/C22H19NOS2/c24-22-18(12-20-8-4-10-25-20)15-23(14-17-6-2-1-3-7-17)16-19(22)13-21-9-5-11-26-21/h1-13H,14-16H2/p+1/b18-12+,19-13?. The van der Waals surface area contributed by atoms with Crippen LogP contribution in [0.15, 0.2) is 76.5 Å². The number of likely N-dealkylation sites (tertiary alicyclic amines) is 1. The summed E-state index contributed by atoms with van der Waals surface area (Å²) >= 11 is 3.35. The van der Waals surface area contributed by atoms with Gasteiger partial charge in [-0.15, -0.1) is 22.7 Å². The molecule has 2 aromatic heterocycles. The zero-order valence-electron chi connectivity index (χ0n) is 14.4. The molecule has 0 amide bonds. The highest BCUT2D eigenvalue weighted by molar-refractivity contribution is 7.11. The maximum absolute atomic E-state index is 13.0. The SMILES string of the molecule is O=C1C(=Cc2cccs2)C[NH+](Cc2ccccc2)C/C1=C\c1cccs1. The predicted octanol–water partition coefficient (Wildman–Crippen LogP) is 3.94. The third-order valence-corrected chi connectivity index (χ3v) is 6.12. The molecule has 1 atom stereocenters. The van der Waals surface area contributed by atoms with Crippen LogP contribution in [-0.2, 0) is 11.3 Å². The molecule has 0 spiro atoms. The molecule has 0 aliphatic carbocycles. The van der Waals surface area contributed by atoms with Crippen LogP contribution in [0.4, 0.5) is 0 Å². The van der Waals surface area contributed by atoms with E-state index in [1.807, 2.05) is 18.2 Å². The van der Waals surface area contributed by atoms with Crippen LogP contribution in [0.5, 0.6) is 0 Å². The van der Waals surface area contributed by atoms with E-state index in [2.05, 4.69) is 59.3 Å². The van der Waals surface area contributed by atoms with Gasteiger partial charge in [0, 0.05) is 15.3 Å². The smallest absolute Gasteiger partial charge is 0.196 e. The van der Waals surface area contributed by atoms with Crippen LogP contribution in [0.3, 0.4) is 0 Å². The summed E-state index contributed by atoms with van der Waals surface area (Å²) in [5.74, 6) is 0.198. The maximum Gasteiger partial charge on any atom is 0.196 e. The van der Waals surface area contributed by atoms with Gasteiger partial charge in [-0.05, 0) is 35.0 Å². The zero-order chi connectivity index (χ0) is 17.8. The number of hydrogen-bond donors (Lipinski definition) is 1. The molecule has 0 bridgehead atoms. The van der Waals surface area contributed by atoms with E-state index in [0.29, 0.717) is 0 Å². The summed E-state index contributed by atoms with van der Waals surface area (Å²) in [6.07, 6.45) is 4.14. The number of carbonyl (C=O) groups excluding carboxylic acids is 1. The van der Waals surface area contributed by atoms with Crippen LogP contribution in [-0.4, -0.2) is 18.9 Å². The summed E-state index contributed by atoms with van der Waals surface area (Å²) in [6, 6.07) is 18.7. The Kier molecular flexibility index (Phi) is 5.25. The molecule has 3 heterocycles. The molecule has 130 valence electrons. The lowest BCUT2D eigenvalue weighted by Gasteiger charge is -2.27. The normalized spacial score (nSPS) is 20.8. The molecule has 1 saturated heterocycles. The molecule has 26 heavy (non-hydrogen) atoms. The van der Waals surface area contributed by atoms with Crippen molar-refractivity contribution in [3.05, 3.63) is 91.8 Å². The van der Waals surface area contributed by atoms with Gasteiger partial charge in [-0.25, -0.2) is 0 Å². The van der Waals surface area contributed by atoms with Crippen molar-refractivity contribution in [2.75, 3.05) is 13.1 Å². The number of piperidine rings is 1. The lowest BCUT2D eigenvalue weighted by Crippen LogP contribution is -3.12. The summed E-state index contributed by atoms with van der Waals surface area (Å²) in [6.45, 7) is 2.47. The van der Waals surface area contributed by atoms with Crippen LogP contribution >= 0.6 is 22.7 Å². The topological polar surface area (TPSA) is 21.5 Å². The molecular formula is C22H20NOS2+. The second-order valence-electron chi connectivity index (χ2n) is 6.47. The van der Waals surface area contributed by atoms with Gasteiger partial charge < -0.3 is 4.90 Å². The quantitative estimate of drug-likeness (QED) is 0.682. The molecule has 0 saturated carbocycles. The minimum absolute atomic E-state index is 0.198. The third kappa shape index (κ3) is 4.10. The van der Waals surface area contributed by atoms with Crippen LogP contribution in [0.1, 0.15) is 15.3 Å². The molecule has 3 aromatic rings. The Morgan fingerprint density at radius 2 is 1.38 bits per heavy atom. The van der Waals surface area contributed by atoms with E-state index < -0.39 is 0 Å². The number of ketones is 1. The summed E-state index contributed by atoms with van der Waals surface area (Å²) in [4.78, 5) is 16.7. The number of hydrogen-bond acceptors (Lipinski definition) is 3. The molecule has 0 radical (unpaired) electrons. The van der Waals surface area contributed by atoms with Gasteiger partial charge >= 0.3 is 0 Å². The van der Waals surface area contributed by atoms with Gasteiger partial charge in [-0.3, -0.25) is 4.79 Å². The fraction of sp³-hybridized carbons (Fsp3) is 0.136. The number of rotatable bonds is 4. The molecule has 1 fully saturated rings. The Hall–Kier alpha value is -2.27. The molecule has 1 unspecified atom stereocenters. The van der Waals surface area contributed by atoms with Crippen LogP contribution in [0.25, 0.3) is 12.2 Å². The number of nitrogens with one attached hydrogen (secondary N) is 1. The van der Waals surface area contributed by atoms with Crippen molar-refractivity contribution in [2.45, 2.75) is 6.54 Å². The zero-order valence-corrected chi connectivity index (χ0v) is 16.0. The first-order chi connectivity index (χ1) is 12.8. The third-order valence-electron chi connectivity index (χ3n) is 4.48. The fourth-order valence-corrected chi connectivity index (χ4v) is 4.66. The number of carbonyl (C=O) groups is 1. The van der Waals surface area contributed by atoms with Crippen molar-refractivity contribution in [1.82, 2.24) is 0 Å². The average Bonchev–Trinajstić information content (AvgIpc) is 3.34. The fourth-order valence-electron chi connectivity index (χ4n) is 3.30. The van der Waals surface area contributed by atoms with Gasteiger partial charge in [0.2, 0.25) is 0 Å². The highest BCUT2D eigenvalue weighted by Gasteiger charge is 2.29. The average molecular weight is 379 g/mol. The first-order valence-electron chi connectivity index (χ1n) is 8.68. The van der Waals surface area contributed by atoms with Gasteiger partial charge in [0.15, 0.2) is 5.78 Å². The molecule has 2 nitrogen and oxygen atoms in total. The van der Waals surface area contributed by atoms with Crippen LogP contribution in [0, 0.1) is 0 Å². The molecule has 1 N–H and O–H groups in total. The number of Topliss-reactive ketones (excluding diaryl/α,β-unsaturated/α-hetero) is 1. The molecule has 1 aliphatic heterocycles. The predicted molar refractivity (Wildman–Crippen MR) is 110 cm³/mol. The maximum atomic E-state index is 13.0. The van der Waals surface area contributed by atoms with Crippen molar-refractivity contribution < 1.29 is 9.69 Å². The van der Waals surface area contributed by atoms with Gasteiger partial charge in [-0.2, -0.15) is 0 Å². The molecule has 1 aromatic carbocycles. The van der Waals surface area contributed by atoms with Crippen molar-refractivity contribution in [3.8, 4) is 0 Å². The van der Waals surface area contributed by atoms with Gasteiger partial charge in [0.05, 0.1) is 11.1 Å². The van der Waals surface area contributed by atoms with Gasteiger partial charge in [-0.1, -0.05) is 42.5 Å². The van der Waals surface area contributed by atoms with Gasteiger partial charge in [0.25, 0.3) is 0 Å². The van der Waals surface area contributed by atoms with E-state index in [-0.39, 0.29) is 5.78 Å². The Morgan fingerprint density at radius 3 is 1.88 bits per heavy atom. The van der Waals surface area contributed by atoms with E-state index in [1.165, 1.54) is 10.5 Å². The highest BCUT2D eigenvalue weighted by atomic mass is 32.1. The minimum atomic E-state index is 0.198. The Bertz CT molecular complexity index is 866. The Balaban J connectivity index is 1.64. The number of quaternary nitrogens is 1. The summed E-state index contributed by atoms with van der Waals surface area (Å²) in [5.41, 5.74) is 3.13. The van der Waals surface area contributed by atoms with Crippen molar-refractivity contribution in [1.29, 1.82) is 0 Å². The molecule has 4 rings (SSSR count). The first kappa shape index (κ1) is 17.2. The largest absolute Gasteiger partial charge is 0.323 e. The highest BCUT2D eigenvalue weighted by Crippen LogP contribution is 2.20. The van der Waals surface area contributed by atoms with Crippen molar-refractivity contribution in [3.63, 3.8) is 0 Å². The van der Waals surface area contributed by atoms with E-state index in [4.69, 9.17) is 0 Å². The van der Waals surface area contributed by atoms with E-state index in [1.54, 1.807) is 22.7 Å². The monoisotopic (exact) mass is 378 g/mol. The molecule has 1 aliphatic rings. The van der Waals surface area contributed by atoms with Gasteiger partial charge in [0.1, 0.15) is 19.6 Å². The summed E-state index contributed by atoms with van der Waals surface area (Å²) < 4.78 is 0. The minimum Gasteiger partial charge on any atom is -0.323 e. The lowest BCUT2D eigenvalue weighted by atomic mass is 9.96. The summed E-state index contributed by atoms with van der Waals surface area (Å²) in [7, 11) is 0. The second kappa shape index (κ2) is 7.96.